The van der Waals surface area contributed by atoms with Gasteiger partial charge in [0.25, 0.3) is 5.56 Å². The van der Waals surface area contributed by atoms with Gasteiger partial charge in [0.2, 0.25) is 9.84 Å². The van der Waals surface area contributed by atoms with Crippen molar-refractivity contribution < 1.29 is 17.9 Å². The minimum Gasteiger partial charge on any atom is -0.463 e. The third kappa shape index (κ3) is 4.79. The van der Waals surface area contributed by atoms with Crippen molar-refractivity contribution in [2.45, 2.75) is 17.7 Å². The van der Waals surface area contributed by atoms with E-state index < -0.39 is 27.3 Å². The molecule has 1 aliphatic rings. The maximum absolute atomic E-state index is 14.2. The zero-order valence-electron chi connectivity index (χ0n) is 21.0. The lowest BCUT2D eigenvalue weighted by molar-refractivity contribution is -0.136. The molecular formula is C29H22Cl2N2O5S2. The van der Waals surface area contributed by atoms with Gasteiger partial charge in [0.15, 0.2) is 0 Å². The van der Waals surface area contributed by atoms with Gasteiger partial charge in [-0.15, -0.1) is 11.3 Å². The lowest BCUT2D eigenvalue weighted by Gasteiger charge is -2.28. The third-order valence-corrected chi connectivity index (χ3v) is 10.1. The first-order chi connectivity index (χ1) is 19.2. The summed E-state index contributed by atoms with van der Waals surface area (Å²) in [5, 5.41) is 0.635. The Morgan fingerprint density at radius 1 is 1.00 bits per heavy atom. The van der Waals surface area contributed by atoms with Crippen LogP contribution in [-0.2, 0) is 19.4 Å². The molecule has 7 nitrogen and oxygen atoms in total. The molecule has 1 aliphatic heterocycles. The van der Waals surface area contributed by atoms with Gasteiger partial charge in [0.1, 0.15) is 15.4 Å². The number of carbonyl (C=O) groups is 1. The van der Waals surface area contributed by atoms with Crippen LogP contribution in [0.4, 0.5) is 0 Å². The summed E-state index contributed by atoms with van der Waals surface area (Å²) in [7, 11) is -4.34. The van der Waals surface area contributed by atoms with E-state index in [2.05, 4.69) is 0 Å². The number of halogens is 2. The molecule has 1 atom stereocenters. The lowest BCUT2D eigenvalue weighted by Crippen LogP contribution is -2.41. The van der Waals surface area contributed by atoms with E-state index in [4.69, 9.17) is 33.7 Å². The number of benzene rings is 3. The SMILES string of the molecule is CCOC(=O)C1=c2sc(=Cc3ccccc3Cl)c(=O)n2C(N)=C(S(=O)(=O)c2ccccc2)C1c1ccccc1Cl. The van der Waals surface area contributed by atoms with Crippen molar-refractivity contribution in [3.05, 3.63) is 124 Å². The van der Waals surface area contributed by atoms with Gasteiger partial charge < -0.3 is 10.5 Å². The van der Waals surface area contributed by atoms with Crippen molar-refractivity contribution in [1.82, 2.24) is 4.57 Å². The van der Waals surface area contributed by atoms with E-state index in [-0.39, 0.29) is 42.0 Å². The molecule has 0 saturated carbocycles. The Hall–Kier alpha value is -3.63. The number of hydrogen-bond donors (Lipinski definition) is 1. The number of esters is 1. The number of hydrogen-bond acceptors (Lipinski definition) is 7. The summed E-state index contributed by atoms with van der Waals surface area (Å²) in [6, 6.07) is 21.2. The molecule has 0 radical (unpaired) electrons. The highest BCUT2D eigenvalue weighted by Gasteiger charge is 2.43. The van der Waals surface area contributed by atoms with Crippen molar-refractivity contribution in [2.24, 2.45) is 5.73 Å². The van der Waals surface area contributed by atoms with E-state index in [1.54, 1.807) is 79.7 Å². The molecule has 2 N–H and O–H groups in total. The van der Waals surface area contributed by atoms with Crippen LogP contribution in [0.5, 0.6) is 0 Å². The van der Waals surface area contributed by atoms with Crippen LogP contribution < -0.4 is 20.5 Å². The van der Waals surface area contributed by atoms with Crippen LogP contribution >= 0.6 is 34.5 Å². The van der Waals surface area contributed by atoms with E-state index in [1.165, 1.54) is 12.1 Å². The highest BCUT2D eigenvalue weighted by atomic mass is 35.5. The maximum atomic E-state index is 14.2. The summed E-state index contributed by atoms with van der Waals surface area (Å²) in [5.74, 6) is -2.36. The van der Waals surface area contributed by atoms with E-state index in [9.17, 15) is 18.0 Å². The second kappa shape index (κ2) is 11.1. The highest BCUT2D eigenvalue weighted by Crippen LogP contribution is 2.44. The van der Waals surface area contributed by atoms with E-state index in [0.29, 0.717) is 16.1 Å². The minimum atomic E-state index is -4.34. The standard InChI is InChI=1S/C29H22Cl2N2O5S2/c1-2-38-29(35)24-23(19-13-7-9-15-21(19)31)25(40(36,37)18-11-4-3-5-12-18)26(32)33-27(34)22(39-28(24)33)16-17-10-6-8-14-20(17)30/h3-16,23H,2,32H2,1H3. The normalized spacial score (nSPS) is 15.7. The Morgan fingerprint density at radius 3 is 2.27 bits per heavy atom. The molecule has 5 rings (SSSR count). The fraction of sp³-hybridized carbons (Fsp3) is 0.103. The smallest absolute Gasteiger partial charge is 0.338 e. The van der Waals surface area contributed by atoms with Crippen LogP contribution in [0, 0.1) is 0 Å². The fourth-order valence-electron chi connectivity index (χ4n) is 4.57. The van der Waals surface area contributed by atoms with E-state index in [0.717, 1.165) is 15.9 Å². The van der Waals surface area contributed by atoms with Crippen LogP contribution in [-0.4, -0.2) is 25.6 Å². The number of carbonyl (C=O) groups excluding carboxylic acids is 1. The largest absolute Gasteiger partial charge is 0.463 e. The summed E-state index contributed by atoms with van der Waals surface area (Å²) in [5.41, 5.74) is 6.83. The number of sulfone groups is 1. The number of nitrogens with two attached hydrogens (primary N) is 1. The molecule has 4 aromatic rings. The third-order valence-electron chi connectivity index (χ3n) is 6.34. The molecular weight excluding hydrogens is 591 g/mol. The van der Waals surface area contributed by atoms with E-state index >= 15 is 0 Å². The average molecular weight is 614 g/mol. The summed E-state index contributed by atoms with van der Waals surface area (Å²) < 4.78 is 35.2. The number of nitrogens with zero attached hydrogens (tertiary/aromatic N) is 1. The molecule has 0 spiro atoms. The summed E-state index contributed by atoms with van der Waals surface area (Å²) in [6.45, 7) is 1.65. The first kappa shape index (κ1) is 27.9. The van der Waals surface area contributed by atoms with Crippen LogP contribution in [0.1, 0.15) is 24.0 Å². The van der Waals surface area contributed by atoms with E-state index in [1.807, 2.05) is 0 Å². The predicted octanol–water partition coefficient (Wildman–Crippen LogP) is 4.12. The second-order valence-corrected chi connectivity index (χ2v) is 12.5. The quantitative estimate of drug-likeness (QED) is 0.328. The van der Waals surface area contributed by atoms with Gasteiger partial charge >= 0.3 is 5.97 Å². The Labute approximate surface area is 244 Å². The lowest BCUT2D eigenvalue weighted by atomic mass is 9.89. The molecule has 0 amide bonds. The summed E-state index contributed by atoms with van der Waals surface area (Å²) in [4.78, 5) is 27.0. The van der Waals surface area contributed by atoms with Crippen molar-refractivity contribution in [2.75, 3.05) is 6.61 Å². The molecule has 1 unspecified atom stereocenters. The van der Waals surface area contributed by atoms with Crippen molar-refractivity contribution >= 4 is 67.8 Å². The first-order valence-electron chi connectivity index (χ1n) is 12.1. The molecule has 0 saturated heterocycles. The fourth-order valence-corrected chi connectivity index (χ4v) is 7.85. The topological polar surface area (TPSA) is 108 Å². The van der Waals surface area contributed by atoms with Gasteiger partial charge in [-0.3, -0.25) is 9.36 Å². The molecule has 3 aromatic carbocycles. The summed E-state index contributed by atoms with van der Waals surface area (Å²) in [6.07, 6.45) is 1.58. The number of ether oxygens (including phenoxy) is 1. The predicted molar refractivity (Wildman–Crippen MR) is 158 cm³/mol. The molecule has 0 bridgehead atoms. The highest BCUT2D eigenvalue weighted by molar-refractivity contribution is 7.95. The number of thiazole rings is 1. The molecule has 0 fully saturated rings. The van der Waals surface area contributed by atoms with Gasteiger partial charge in [0, 0.05) is 10.0 Å². The number of aromatic nitrogens is 1. The Balaban J connectivity index is 1.96. The number of rotatable bonds is 6. The Morgan fingerprint density at radius 2 is 1.62 bits per heavy atom. The first-order valence-corrected chi connectivity index (χ1v) is 15.2. The molecule has 40 heavy (non-hydrogen) atoms. The monoisotopic (exact) mass is 612 g/mol. The maximum Gasteiger partial charge on any atom is 0.338 e. The van der Waals surface area contributed by atoms with Crippen molar-refractivity contribution in [3.63, 3.8) is 0 Å². The minimum absolute atomic E-state index is 0.0196. The number of allylic oxidation sites excluding steroid dienone is 1. The molecule has 0 aliphatic carbocycles. The van der Waals surface area contributed by atoms with Gasteiger partial charge in [-0.1, -0.05) is 77.8 Å². The molecule has 204 valence electrons. The zero-order valence-corrected chi connectivity index (χ0v) is 24.2. The van der Waals surface area contributed by atoms with Gasteiger partial charge in [-0.05, 0) is 48.4 Å². The van der Waals surface area contributed by atoms with Crippen LogP contribution in [0.25, 0.3) is 17.5 Å². The number of fused-ring (bicyclic) bond motifs is 1. The van der Waals surface area contributed by atoms with Crippen molar-refractivity contribution in [3.8, 4) is 0 Å². The van der Waals surface area contributed by atoms with Crippen LogP contribution in [0.15, 0.2) is 93.5 Å². The second-order valence-electron chi connectivity index (χ2n) is 8.73. The van der Waals surface area contributed by atoms with Crippen molar-refractivity contribution in [1.29, 1.82) is 0 Å². The molecule has 11 heteroatoms. The summed E-state index contributed by atoms with van der Waals surface area (Å²) >= 11 is 13.9. The molecule has 2 heterocycles. The molecule has 1 aromatic heterocycles. The van der Waals surface area contributed by atoms with Crippen LogP contribution in [0.3, 0.4) is 0 Å². The average Bonchev–Trinajstić information content (AvgIpc) is 3.26. The van der Waals surface area contributed by atoms with Gasteiger partial charge in [-0.2, -0.15) is 0 Å². The Kier molecular flexibility index (Phi) is 7.74. The van der Waals surface area contributed by atoms with Gasteiger partial charge in [-0.25, -0.2) is 13.2 Å². The Bertz CT molecular complexity index is 1960. The van der Waals surface area contributed by atoms with Crippen LogP contribution in [0.2, 0.25) is 10.0 Å². The zero-order chi connectivity index (χ0) is 28.6. The van der Waals surface area contributed by atoms with Gasteiger partial charge in [0.05, 0.1) is 27.5 Å².